The number of ether oxygens (including phenoxy) is 3. The van der Waals surface area contributed by atoms with Crippen molar-refractivity contribution in [3.63, 3.8) is 0 Å². The maximum absolute atomic E-state index is 13.7. The molecule has 2 aromatic heterocycles. The molecule has 1 aliphatic carbocycles. The number of nitrogens with zero attached hydrogens (tertiary/aromatic N) is 3. The molecule has 45 heavy (non-hydrogen) atoms. The second kappa shape index (κ2) is 15.5. The molecule has 1 amide bonds. The van der Waals surface area contributed by atoms with E-state index in [1.54, 1.807) is 12.1 Å². The smallest absolute Gasteiger partial charge is 0.387 e. The summed E-state index contributed by atoms with van der Waals surface area (Å²) >= 11 is 13.9. The molecule has 0 bridgehead atoms. The quantitative estimate of drug-likeness (QED) is 0.157. The Hall–Kier alpha value is -3.04. The van der Waals surface area contributed by atoms with Crippen LogP contribution in [0.5, 0.6) is 11.5 Å². The first-order valence-corrected chi connectivity index (χ1v) is 15.5. The third-order valence-corrected chi connectivity index (χ3v) is 8.90. The van der Waals surface area contributed by atoms with Gasteiger partial charge in [0, 0.05) is 37.0 Å². The average molecular weight is 704 g/mol. The van der Waals surface area contributed by atoms with Crippen molar-refractivity contribution in [1.82, 2.24) is 9.88 Å². The van der Waals surface area contributed by atoms with Crippen molar-refractivity contribution in [2.75, 3.05) is 18.9 Å². The molecule has 2 N–H and O–H groups in total. The molecule has 0 spiro atoms. The predicted octanol–water partition coefficient (Wildman–Crippen LogP) is 5.03. The van der Waals surface area contributed by atoms with Crippen LogP contribution in [-0.2, 0) is 22.5 Å². The standard InChI is InChI=1S/C29H28Cl2F2N4O6S.H2S/c30-20-13-36(40)14-21(31)19(20)11-24(18-3-4-23(43-29(32)33)25(10-18)41-15-16-1-2-16)42-28(39)27-37(7-8-44-27)26(38)22-9-17(12-34)5-6-35-22;/h3-6,9-10,13-14,16,24,27,29H,1-2,7-8,11-12,15,34H2;1H2/t24-,27?;/m0./s1. The summed E-state index contributed by atoms with van der Waals surface area (Å²) in [5.74, 6) is -0.510. The van der Waals surface area contributed by atoms with Gasteiger partial charge in [-0.1, -0.05) is 29.3 Å². The van der Waals surface area contributed by atoms with Gasteiger partial charge in [0.1, 0.15) is 21.8 Å². The molecule has 16 heteroatoms. The van der Waals surface area contributed by atoms with Gasteiger partial charge in [-0.15, -0.1) is 11.8 Å². The normalized spacial score (nSPS) is 16.7. The Morgan fingerprint density at radius 2 is 1.89 bits per heavy atom. The lowest BCUT2D eigenvalue weighted by atomic mass is 10.0. The molecule has 1 saturated carbocycles. The number of nitrogens with two attached hydrogens (primary N) is 1. The molecule has 1 aromatic carbocycles. The molecule has 2 aliphatic rings. The summed E-state index contributed by atoms with van der Waals surface area (Å²) in [7, 11) is 0. The van der Waals surface area contributed by atoms with Gasteiger partial charge >= 0.3 is 12.6 Å². The maximum atomic E-state index is 13.7. The Labute approximate surface area is 279 Å². The Morgan fingerprint density at radius 1 is 1.16 bits per heavy atom. The second-order valence-electron chi connectivity index (χ2n) is 10.2. The SMILES string of the molecule is NCc1ccnc(C(=O)N2CCSC2C(=O)O[C@@H](Cc2c(Cl)c[n+]([O-])cc2Cl)c2ccc(OC(F)F)c(OCC3CC3)c2)c1.S. The fraction of sp³-hybridized carbons (Fsp3) is 0.379. The lowest BCUT2D eigenvalue weighted by Crippen LogP contribution is -2.41. The van der Waals surface area contributed by atoms with Crippen molar-refractivity contribution in [2.24, 2.45) is 11.7 Å². The van der Waals surface area contributed by atoms with Crippen LogP contribution in [0, 0.1) is 11.1 Å². The van der Waals surface area contributed by atoms with E-state index in [0.29, 0.717) is 39.7 Å². The number of amides is 1. The van der Waals surface area contributed by atoms with Crippen LogP contribution in [0.2, 0.25) is 10.0 Å². The molecule has 242 valence electrons. The van der Waals surface area contributed by atoms with Crippen LogP contribution >= 0.6 is 48.5 Å². The minimum absolute atomic E-state index is 0. The summed E-state index contributed by atoms with van der Waals surface area (Å²) in [4.78, 5) is 32.5. The van der Waals surface area contributed by atoms with Crippen LogP contribution in [0.1, 0.15) is 46.1 Å². The van der Waals surface area contributed by atoms with E-state index in [2.05, 4.69) is 9.72 Å². The molecular formula is C29H30Cl2F2N4O6S2. The number of esters is 1. The van der Waals surface area contributed by atoms with E-state index in [4.69, 9.17) is 38.4 Å². The van der Waals surface area contributed by atoms with Gasteiger partial charge in [0.2, 0.25) is 0 Å². The summed E-state index contributed by atoms with van der Waals surface area (Å²) in [5.41, 5.74) is 7.26. The Bertz CT molecular complexity index is 1510. The van der Waals surface area contributed by atoms with Gasteiger partial charge in [0.25, 0.3) is 5.91 Å². The van der Waals surface area contributed by atoms with Crippen molar-refractivity contribution in [3.05, 3.63) is 86.6 Å². The summed E-state index contributed by atoms with van der Waals surface area (Å²) in [6.07, 6.45) is 4.49. The first kappa shape index (κ1) is 34.8. The number of rotatable bonds is 12. The Morgan fingerprint density at radius 3 is 2.56 bits per heavy atom. The number of hydrogen-bond donors (Lipinski definition) is 1. The molecule has 1 unspecified atom stereocenters. The zero-order valence-electron chi connectivity index (χ0n) is 23.7. The topological polar surface area (TPSA) is 131 Å². The summed E-state index contributed by atoms with van der Waals surface area (Å²) in [6, 6.07) is 7.50. The van der Waals surface area contributed by atoms with E-state index in [0.717, 1.165) is 25.2 Å². The van der Waals surface area contributed by atoms with E-state index in [-0.39, 0.29) is 60.2 Å². The number of pyridine rings is 2. The van der Waals surface area contributed by atoms with Gasteiger partial charge in [-0.05, 0) is 54.2 Å². The third-order valence-electron chi connectivity index (χ3n) is 7.07. The van der Waals surface area contributed by atoms with Gasteiger partial charge in [0.05, 0.1) is 6.61 Å². The predicted molar refractivity (Wildman–Crippen MR) is 169 cm³/mol. The minimum atomic E-state index is -3.08. The van der Waals surface area contributed by atoms with Gasteiger partial charge in [-0.2, -0.15) is 27.0 Å². The summed E-state index contributed by atoms with van der Waals surface area (Å²) < 4.78 is 43.2. The van der Waals surface area contributed by atoms with E-state index in [1.807, 2.05) is 0 Å². The second-order valence-corrected chi connectivity index (χ2v) is 12.2. The highest BCUT2D eigenvalue weighted by atomic mass is 35.5. The van der Waals surface area contributed by atoms with Gasteiger partial charge in [-0.25, -0.2) is 4.79 Å². The zero-order valence-corrected chi connectivity index (χ0v) is 27.0. The molecule has 0 radical (unpaired) electrons. The zero-order chi connectivity index (χ0) is 31.4. The van der Waals surface area contributed by atoms with Crippen molar-refractivity contribution in [3.8, 4) is 11.5 Å². The molecule has 2 fully saturated rings. The van der Waals surface area contributed by atoms with Crippen LogP contribution in [0.3, 0.4) is 0 Å². The Kier molecular flexibility index (Phi) is 12.0. The number of alkyl halides is 2. The van der Waals surface area contributed by atoms with E-state index in [9.17, 15) is 23.6 Å². The highest BCUT2D eigenvalue weighted by Crippen LogP contribution is 2.38. The van der Waals surface area contributed by atoms with E-state index >= 15 is 0 Å². The van der Waals surface area contributed by atoms with Gasteiger partial charge in [0.15, 0.2) is 29.3 Å². The first-order chi connectivity index (χ1) is 21.1. The fourth-order valence-electron chi connectivity index (χ4n) is 4.60. The van der Waals surface area contributed by atoms with Crippen molar-refractivity contribution < 1.29 is 37.3 Å². The van der Waals surface area contributed by atoms with Crippen molar-refractivity contribution in [2.45, 2.75) is 43.9 Å². The molecular weight excluding hydrogens is 673 g/mol. The molecule has 3 heterocycles. The average Bonchev–Trinajstić information content (AvgIpc) is 3.69. The molecule has 5 rings (SSSR count). The molecule has 1 saturated heterocycles. The molecule has 1 aliphatic heterocycles. The summed E-state index contributed by atoms with van der Waals surface area (Å²) in [6.45, 7) is -2.28. The van der Waals surface area contributed by atoms with Crippen molar-refractivity contribution in [1.29, 1.82) is 0 Å². The highest BCUT2D eigenvalue weighted by molar-refractivity contribution is 8.00. The summed E-state index contributed by atoms with van der Waals surface area (Å²) in [5, 5.41) is 10.9. The van der Waals surface area contributed by atoms with E-state index < -0.39 is 30.0 Å². The molecule has 2 atom stereocenters. The number of benzene rings is 1. The first-order valence-electron chi connectivity index (χ1n) is 13.7. The molecule has 10 nitrogen and oxygen atoms in total. The monoisotopic (exact) mass is 702 g/mol. The minimum Gasteiger partial charge on any atom is -0.619 e. The number of hydrogen-bond acceptors (Lipinski definition) is 9. The number of thioether (sulfide) groups is 1. The molecule has 3 aromatic rings. The van der Waals surface area contributed by atoms with Gasteiger partial charge < -0.3 is 30.1 Å². The lowest BCUT2D eigenvalue weighted by Gasteiger charge is -2.26. The lowest BCUT2D eigenvalue weighted by molar-refractivity contribution is -0.605. The van der Waals surface area contributed by atoms with Crippen LogP contribution in [0.4, 0.5) is 8.78 Å². The van der Waals surface area contributed by atoms with Crippen LogP contribution in [0.25, 0.3) is 0 Å². The van der Waals surface area contributed by atoms with Crippen molar-refractivity contribution >= 4 is 60.3 Å². The van der Waals surface area contributed by atoms with Crippen LogP contribution in [-0.4, -0.2) is 52.7 Å². The van der Waals surface area contributed by atoms with E-state index in [1.165, 1.54) is 41.1 Å². The third kappa shape index (κ3) is 8.82. The van der Waals surface area contributed by atoms with Crippen LogP contribution in [0.15, 0.2) is 48.9 Å². The number of halogens is 4. The van der Waals surface area contributed by atoms with Crippen LogP contribution < -0.4 is 19.9 Å². The number of carbonyl (C=O) groups is 2. The van der Waals surface area contributed by atoms with Gasteiger partial charge in [-0.3, -0.25) is 9.78 Å². The largest absolute Gasteiger partial charge is 0.619 e. The Balaban J connectivity index is 0.00000461. The fourth-order valence-corrected chi connectivity index (χ4v) is 6.30. The highest BCUT2D eigenvalue weighted by Gasteiger charge is 2.39. The maximum Gasteiger partial charge on any atom is 0.387 e. The number of aromatic nitrogens is 2. The number of carbonyl (C=O) groups excluding carboxylic acids is 2.